The molecular weight excluding hydrogens is 667 g/mol. The van der Waals surface area contributed by atoms with Crippen molar-refractivity contribution in [1.82, 2.24) is 15.0 Å². The second kappa shape index (κ2) is 11.3. The van der Waals surface area contributed by atoms with E-state index >= 15 is 0 Å². The van der Waals surface area contributed by atoms with Crippen molar-refractivity contribution in [1.29, 1.82) is 0 Å². The van der Waals surface area contributed by atoms with E-state index in [0.29, 0.717) is 17.5 Å². The van der Waals surface area contributed by atoms with Crippen molar-refractivity contribution in [2.45, 2.75) is 19.3 Å². The molecule has 3 heterocycles. The fraction of sp³-hybridized carbons (Fsp3) is 0.0625. The lowest BCUT2D eigenvalue weighted by molar-refractivity contribution is 0.660. The highest BCUT2D eigenvalue weighted by atomic mass is 32.1. The molecule has 0 amide bonds. The molecule has 5 heteroatoms. The minimum atomic E-state index is -0.233. The molecule has 53 heavy (non-hydrogen) atoms. The van der Waals surface area contributed by atoms with E-state index in [0.717, 1.165) is 38.6 Å². The van der Waals surface area contributed by atoms with Crippen LogP contribution in [-0.4, -0.2) is 15.0 Å². The zero-order chi connectivity index (χ0) is 35.3. The molecule has 0 saturated carbocycles. The van der Waals surface area contributed by atoms with E-state index in [1.54, 1.807) is 0 Å². The number of thiophene rings is 1. The van der Waals surface area contributed by atoms with Crippen LogP contribution in [0.4, 0.5) is 0 Å². The van der Waals surface area contributed by atoms with Gasteiger partial charge < -0.3 is 4.42 Å². The quantitative estimate of drug-likeness (QED) is 0.184. The van der Waals surface area contributed by atoms with E-state index in [9.17, 15) is 0 Å². The van der Waals surface area contributed by atoms with Gasteiger partial charge in [-0.05, 0) is 57.6 Å². The van der Waals surface area contributed by atoms with Gasteiger partial charge in [-0.1, -0.05) is 141 Å². The number of aromatic nitrogens is 3. The summed E-state index contributed by atoms with van der Waals surface area (Å²) in [5, 5.41) is 4.74. The van der Waals surface area contributed by atoms with Crippen molar-refractivity contribution >= 4 is 53.4 Å². The van der Waals surface area contributed by atoms with E-state index in [1.165, 1.54) is 53.6 Å². The molecule has 11 rings (SSSR count). The Labute approximate surface area is 310 Å². The maximum absolute atomic E-state index is 6.47. The van der Waals surface area contributed by atoms with Crippen LogP contribution in [0.1, 0.15) is 25.0 Å². The van der Waals surface area contributed by atoms with Crippen LogP contribution in [0.5, 0.6) is 0 Å². The van der Waals surface area contributed by atoms with E-state index in [1.807, 2.05) is 53.8 Å². The standard InChI is InChI=1S/C48H31N3OS/c1-48(2)38-22-12-20-36(42(38)35-26-25-29(27-39(35)48)30-17-10-19-34-32-16-7-9-24-41(32)53-44(30)34)46-49-45(28-13-4-3-5-14-28)50-47(51-46)37-21-11-18-33-31-15-6-8-23-40(31)52-43(33)37/h3-27H,1-2H3. The fourth-order valence-electron chi connectivity index (χ4n) is 8.37. The summed E-state index contributed by atoms with van der Waals surface area (Å²) < 4.78 is 9.11. The lowest BCUT2D eigenvalue weighted by Crippen LogP contribution is -2.15. The van der Waals surface area contributed by atoms with Crippen LogP contribution in [-0.2, 0) is 5.41 Å². The zero-order valence-corrected chi connectivity index (χ0v) is 29.9. The molecule has 0 fully saturated rings. The topological polar surface area (TPSA) is 51.8 Å². The summed E-state index contributed by atoms with van der Waals surface area (Å²) in [6.45, 7) is 4.67. The van der Waals surface area contributed by atoms with Crippen LogP contribution in [0.3, 0.4) is 0 Å². The molecule has 0 atom stereocenters. The molecular formula is C48H31N3OS. The third kappa shape index (κ3) is 4.51. The normalized spacial score (nSPS) is 13.2. The molecule has 1 aliphatic carbocycles. The van der Waals surface area contributed by atoms with Gasteiger partial charge in [0.2, 0.25) is 0 Å². The van der Waals surface area contributed by atoms with Gasteiger partial charge in [-0.15, -0.1) is 11.3 Å². The molecule has 250 valence electrons. The monoisotopic (exact) mass is 697 g/mol. The second-order valence-electron chi connectivity index (χ2n) is 14.3. The summed E-state index contributed by atoms with van der Waals surface area (Å²) in [4.78, 5) is 15.5. The molecule has 4 nitrogen and oxygen atoms in total. The highest BCUT2D eigenvalue weighted by Gasteiger charge is 2.38. The predicted octanol–water partition coefficient (Wildman–Crippen LogP) is 13.1. The van der Waals surface area contributed by atoms with Crippen molar-refractivity contribution < 1.29 is 4.42 Å². The lowest BCUT2D eigenvalue weighted by atomic mass is 9.81. The Balaban J connectivity index is 1.11. The molecule has 7 aromatic carbocycles. The molecule has 10 aromatic rings. The molecule has 1 aliphatic rings. The number of furan rings is 1. The maximum atomic E-state index is 6.47. The first kappa shape index (κ1) is 30.2. The van der Waals surface area contributed by atoms with Crippen molar-refractivity contribution in [2.75, 3.05) is 0 Å². The van der Waals surface area contributed by atoms with Gasteiger partial charge in [0.15, 0.2) is 17.5 Å². The molecule has 3 aromatic heterocycles. The van der Waals surface area contributed by atoms with Gasteiger partial charge in [-0.3, -0.25) is 0 Å². The number of para-hydroxylation sites is 2. The van der Waals surface area contributed by atoms with Crippen molar-refractivity contribution in [3.8, 4) is 56.4 Å². The van der Waals surface area contributed by atoms with Gasteiger partial charge in [0, 0.05) is 47.5 Å². The fourth-order valence-corrected chi connectivity index (χ4v) is 9.61. The largest absolute Gasteiger partial charge is 0.455 e. The number of benzene rings is 7. The number of hydrogen-bond acceptors (Lipinski definition) is 5. The minimum Gasteiger partial charge on any atom is -0.455 e. The Morgan fingerprint density at radius 2 is 1.13 bits per heavy atom. The first-order valence-corrected chi connectivity index (χ1v) is 18.8. The molecule has 0 unspecified atom stereocenters. The third-order valence-corrected chi connectivity index (χ3v) is 12.2. The molecule has 0 saturated heterocycles. The number of hydrogen-bond donors (Lipinski definition) is 0. The molecule has 0 radical (unpaired) electrons. The van der Waals surface area contributed by atoms with Crippen LogP contribution >= 0.6 is 11.3 Å². The summed E-state index contributed by atoms with van der Waals surface area (Å²) in [7, 11) is 0. The Morgan fingerprint density at radius 3 is 2.00 bits per heavy atom. The van der Waals surface area contributed by atoms with Gasteiger partial charge >= 0.3 is 0 Å². The van der Waals surface area contributed by atoms with Crippen LogP contribution < -0.4 is 0 Å². The number of fused-ring (bicyclic) bond motifs is 9. The van der Waals surface area contributed by atoms with Crippen molar-refractivity contribution in [2.24, 2.45) is 0 Å². The first-order valence-electron chi connectivity index (χ1n) is 17.9. The zero-order valence-electron chi connectivity index (χ0n) is 29.1. The van der Waals surface area contributed by atoms with E-state index < -0.39 is 0 Å². The smallest absolute Gasteiger partial charge is 0.167 e. The summed E-state index contributed by atoms with van der Waals surface area (Å²) in [5.41, 5.74) is 11.6. The Hall–Kier alpha value is -6.43. The van der Waals surface area contributed by atoms with Gasteiger partial charge in [0.1, 0.15) is 11.2 Å². The van der Waals surface area contributed by atoms with E-state index in [4.69, 9.17) is 19.4 Å². The number of rotatable bonds is 4. The van der Waals surface area contributed by atoms with Crippen LogP contribution in [0.15, 0.2) is 156 Å². The highest BCUT2D eigenvalue weighted by Crippen LogP contribution is 2.53. The molecule has 0 N–H and O–H groups in total. The van der Waals surface area contributed by atoms with Crippen LogP contribution in [0.25, 0.3) is 98.5 Å². The van der Waals surface area contributed by atoms with Gasteiger partial charge in [-0.25, -0.2) is 15.0 Å². The molecule has 0 bridgehead atoms. The van der Waals surface area contributed by atoms with Crippen LogP contribution in [0, 0.1) is 0 Å². The summed E-state index contributed by atoms with van der Waals surface area (Å²) >= 11 is 1.87. The minimum absolute atomic E-state index is 0.233. The second-order valence-corrected chi connectivity index (χ2v) is 15.4. The average molecular weight is 698 g/mol. The summed E-state index contributed by atoms with van der Waals surface area (Å²) in [6, 6.07) is 53.5. The first-order chi connectivity index (χ1) is 26.0. The Bertz CT molecular complexity index is 3100. The van der Waals surface area contributed by atoms with Crippen LogP contribution in [0.2, 0.25) is 0 Å². The Morgan fingerprint density at radius 1 is 0.472 bits per heavy atom. The van der Waals surface area contributed by atoms with Crippen molar-refractivity contribution in [3.63, 3.8) is 0 Å². The number of nitrogens with zero attached hydrogens (tertiary/aromatic N) is 3. The van der Waals surface area contributed by atoms with Gasteiger partial charge in [-0.2, -0.15) is 0 Å². The predicted molar refractivity (Wildman–Crippen MR) is 219 cm³/mol. The summed E-state index contributed by atoms with van der Waals surface area (Å²) in [5.74, 6) is 1.85. The highest BCUT2D eigenvalue weighted by molar-refractivity contribution is 7.26. The van der Waals surface area contributed by atoms with E-state index in [-0.39, 0.29) is 5.41 Å². The van der Waals surface area contributed by atoms with Gasteiger partial charge in [0.05, 0.1) is 5.56 Å². The lowest BCUT2D eigenvalue weighted by Gasteiger charge is -2.22. The third-order valence-electron chi connectivity index (χ3n) is 11.0. The summed E-state index contributed by atoms with van der Waals surface area (Å²) in [6.07, 6.45) is 0. The average Bonchev–Trinajstić information content (AvgIpc) is 3.86. The van der Waals surface area contributed by atoms with Crippen molar-refractivity contribution in [3.05, 3.63) is 163 Å². The van der Waals surface area contributed by atoms with Gasteiger partial charge in [0.25, 0.3) is 0 Å². The molecule has 0 aliphatic heterocycles. The molecule has 0 spiro atoms. The Kier molecular flexibility index (Phi) is 6.43. The van der Waals surface area contributed by atoms with E-state index in [2.05, 4.69) is 123 Å². The SMILES string of the molecule is CC1(C)c2cc(-c3cccc4c3sc3ccccc34)ccc2-c2c(-c3nc(-c4ccccc4)nc(-c4cccc5c4oc4ccccc45)n3)cccc21. The maximum Gasteiger partial charge on any atom is 0.167 e.